The van der Waals surface area contributed by atoms with E-state index in [1.807, 2.05) is 16.9 Å². The van der Waals surface area contributed by atoms with Gasteiger partial charge >= 0.3 is 0 Å². The molecule has 5 nitrogen and oxygen atoms in total. The Hall–Kier alpha value is -1.92. The second kappa shape index (κ2) is 4.99. The van der Waals surface area contributed by atoms with Crippen molar-refractivity contribution in [3.8, 4) is 0 Å². The van der Waals surface area contributed by atoms with Crippen LogP contribution < -0.4 is 9.83 Å². The summed E-state index contributed by atoms with van der Waals surface area (Å²) in [6.07, 6.45) is 0. The standard InChI is InChI=1S/C13H13NO4S/c1-9(13(15)16)14-19(17,18)12-7-6-10-4-2-3-5-11(10)8-12/h2-9,14H,1H3,(H,15,16)/p-1/t9-/m1/s1. The number of carboxylic acid groups (broad SMARTS) is 1. The second-order valence-electron chi connectivity index (χ2n) is 4.17. The van der Waals surface area contributed by atoms with E-state index in [4.69, 9.17) is 0 Å². The van der Waals surface area contributed by atoms with E-state index in [9.17, 15) is 18.3 Å². The number of carbonyl (C=O) groups excluding carboxylic acids is 1. The molecule has 1 N–H and O–H groups in total. The smallest absolute Gasteiger partial charge is 0.241 e. The first kappa shape index (κ1) is 13.5. The van der Waals surface area contributed by atoms with E-state index in [1.54, 1.807) is 18.2 Å². The van der Waals surface area contributed by atoms with Crippen LogP contribution in [0.1, 0.15) is 6.92 Å². The van der Waals surface area contributed by atoms with Crippen molar-refractivity contribution in [3.05, 3.63) is 42.5 Å². The number of hydrogen-bond acceptors (Lipinski definition) is 4. The van der Waals surface area contributed by atoms with Crippen LogP contribution in [0.15, 0.2) is 47.4 Å². The van der Waals surface area contributed by atoms with Crippen LogP contribution in [0.25, 0.3) is 10.8 Å². The molecule has 0 heterocycles. The van der Waals surface area contributed by atoms with Crippen LogP contribution in [-0.2, 0) is 14.8 Å². The van der Waals surface area contributed by atoms with Crippen molar-refractivity contribution in [2.75, 3.05) is 0 Å². The number of carboxylic acids is 1. The summed E-state index contributed by atoms with van der Waals surface area (Å²) in [5.74, 6) is -1.47. The normalized spacial score (nSPS) is 13.3. The molecule has 6 heteroatoms. The first-order chi connectivity index (χ1) is 8.90. The van der Waals surface area contributed by atoms with Crippen molar-refractivity contribution in [1.82, 2.24) is 4.72 Å². The monoisotopic (exact) mass is 278 g/mol. The van der Waals surface area contributed by atoms with Crippen LogP contribution in [0.2, 0.25) is 0 Å². The van der Waals surface area contributed by atoms with Gasteiger partial charge in [-0.1, -0.05) is 30.3 Å². The lowest BCUT2D eigenvalue weighted by Crippen LogP contribution is -2.45. The first-order valence-corrected chi connectivity index (χ1v) is 7.10. The molecule has 19 heavy (non-hydrogen) atoms. The van der Waals surface area contributed by atoms with Gasteiger partial charge in [-0.3, -0.25) is 0 Å². The molecule has 1 atom stereocenters. The third kappa shape index (κ3) is 2.91. The second-order valence-corrected chi connectivity index (χ2v) is 5.88. The summed E-state index contributed by atoms with van der Waals surface area (Å²) >= 11 is 0. The third-order valence-electron chi connectivity index (χ3n) is 2.72. The molecule has 0 aliphatic rings. The number of hydrogen-bond donors (Lipinski definition) is 1. The van der Waals surface area contributed by atoms with Crippen molar-refractivity contribution in [3.63, 3.8) is 0 Å². The Labute approximate surface area is 110 Å². The van der Waals surface area contributed by atoms with E-state index in [-0.39, 0.29) is 4.90 Å². The lowest BCUT2D eigenvalue weighted by Gasteiger charge is -2.15. The van der Waals surface area contributed by atoms with Crippen LogP contribution >= 0.6 is 0 Å². The van der Waals surface area contributed by atoms with Crippen molar-refractivity contribution in [2.24, 2.45) is 0 Å². The lowest BCUT2D eigenvalue weighted by molar-refractivity contribution is -0.307. The minimum absolute atomic E-state index is 0.0271. The van der Waals surface area contributed by atoms with Gasteiger partial charge in [0.1, 0.15) is 0 Å². The number of benzene rings is 2. The Bertz CT molecular complexity index is 724. The van der Waals surface area contributed by atoms with Crippen LogP contribution in [0.4, 0.5) is 0 Å². The summed E-state index contributed by atoms with van der Waals surface area (Å²) in [5, 5.41) is 12.3. The highest BCUT2D eigenvalue weighted by atomic mass is 32.2. The maximum atomic E-state index is 12.0. The summed E-state index contributed by atoms with van der Waals surface area (Å²) in [6, 6.07) is 10.6. The van der Waals surface area contributed by atoms with Gasteiger partial charge in [-0.2, -0.15) is 0 Å². The average Bonchev–Trinajstić information content (AvgIpc) is 2.37. The molecular formula is C13H12NO4S-. The molecule has 2 aromatic rings. The molecule has 0 saturated heterocycles. The van der Waals surface area contributed by atoms with E-state index in [1.165, 1.54) is 19.1 Å². The summed E-state index contributed by atoms with van der Waals surface area (Å²) < 4.78 is 26.0. The van der Waals surface area contributed by atoms with Gasteiger partial charge in [0.15, 0.2) is 0 Å². The number of nitrogens with one attached hydrogen (secondary N) is 1. The highest BCUT2D eigenvalue weighted by Crippen LogP contribution is 2.18. The van der Waals surface area contributed by atoms with Gasteiger partial charge in [0, 0.05) is 0 Å². The fourth-order valence-electron chi connectivity index (χ4n) is 1.68. The Morgan fingerprint density at radius 1 is 1.16 bits per heavy atom. The van der Waals surface area contributed by atoms with Gasteiger partial charge in [0.25, 0.3) is 0 Å². The Balaban J connectivity index is 2.40. The van der Waals surface area contributed by atoms with Gasteiger partial charge in [0.2, 0.25) is 10.0 Å². The fourth-order valence-corrected chi connectivity index (χ4v) is 2.91. The van der Waals surface area contributed by atoms with Gasteiger partial charge in [-0.15, -0.1) is 0 Å². The number of carbonyl (C=O) groups is 1. The molecule has 0 bridgehead atoms. The molecule has 0 spiro atoms. The zero-order valence-electron chi connectivity index (χ0n) is 10.2. The van der Waals surface area contributed by atoms with Crippen molar-refractivity contribution in [1.29, 1.82) is 0 Å². The minimum Gasteiger partial charge on any atom is -0.548 e. The molecular weight excluding hydrogens is 266 g/mol. The summed E-state index contributed by atoms with van der Waals surface area (Å²) in [6.45, 7) is 1.22. The molecule has 0 radical (unpaired) electrons. The Morgan fingerprint density at radius 3 is 2.42 bits per heavy atom. The SMILES string of the molecule is C[C@@H](NS(=O)(=O)c1ccc2ccccc2c1)C(=O)[O-]. The van der Waals surface area contributed by atoms with Crippen molar-refractivity contribution >= 4 is 26.8 Å². The maximum Gasteiger partial charge on any atom is 0.241 e. The lowest BCUT2D eigenvalue weighted by atomic mass is 10.1. The predicted molar refractivity (Wildman–Crippen MR) is 68.7 cm³/mol. The van der Waals surface area contributed by atoms with E-state index in [0.717, 1.165) is 10.8 Å². The molecule has 0 saturated carbocycles. The fraction of sp³-hybridized carbons (Fsp3) is 0.154. The quantitative estimate of drug-likeness (QED) is 0.869. The molecule has 2 aromatic carbocycles. The molecule has 0 aliphatic carbocycles. The maximum absolute atomic E-state index is 12.0. The predicted octanol–water partition coefficient (Wildman–Crippen LogP) is 0.256. The van der Waals surface area contributed by atoms with Crippen molar-refractivity contribution in [2.45, 2.75) is 17.9 Å². The largest absolute Gasteiger partial charge is 0.548 e. The number of sulfonamides is 1. The van der Waals surface area contributed by atoms with Gasteiger partial charge in [-0.05, 0) is 29.8 Å². The number of rotatable bonds is 4. The molecule has 100 valence electrons. The third-order valence-corrected chi connectivity index (χ3v) is 4.26. The molecule has 0 amide bonds. The number of fused-ring (bicyclic) bond motifs is 1. The Kier molecular flexibility index (Phi) is 3.55. The van der Waals surface area contributed by atoms with Gasteiger partial charge in [-0.25, -0.2) is 13.1 Å². The summed E-state index contributed by atoms with van der Waals surface area (Å²) in [7, 11) is -3.87. The van der Waals surface area contributed by atoms with Crippen LogP contribution in [0.5, 0.6) is 0 Å². The summed E-state index contributed by atoms with van der Waals surface area (Å²) in [5.41, 5.74) is 0. The molecule has 0 aromatic heterocycles. The van der Waals surface area contributed by atoms with Crippen LogP contribution in [-0.4, -0.2) is 20.4 Å². The highest BCUT2D eigenvalue weighted by molar-refractivity contribution is 7.89. The van der Waals surface area contributed by atoms with E-state index in [0.29, 0.717) is 0 Å². The van der Waals surface area contributed by atoms with E-state index < -0.39 is 22.0 Å². The van der Waals surface area contributed by atoms with Crippen LogP contribution in [0, 0.1) is 0 Å². The number of aliphatic carboxylic acids is 1. The molecule has 0 fully saturated rings. The molecule has 0 aliphatic heterocycles. The summed E-state index contributed by atoms with van der Waals surface area (Å²) in [4.78, 5) is 10.6. The first-order valence-electron chi connectivity index (χ1n) is 5.62. The van der Waals surface area contributed by atoms with Gasteiger partial charge in [0.05, 0.1) is 16.9 Å². The van der Waals surface area contributed by atoms with E-state index >= 15 is 0 Å². The molecule has 2 rings (SSSR count). The van der Waals surface area contributed by atoms with Crippen LogP contribution in [0.3, 0.4) is 0 Å². The molecule has 0 unspecified atom stereocenters. The van der Waals surface area contributed by atoms with Crippen molar-refractivity contribution < 1.29 is 18.3 Å². The van der Waals surface area contributed by atoms with E-state index in [2.05, 4.69) is 0 Å². The zero-order chi connectivity index (χ0) is 14.0. The Morgan fingerprint density at radius 2 is 1.79 bits per heavy atom. The topological polar surface area (TPSA) is 86.3 Å². The van der Waals surface area contributed by atoms with Gasteiger partial charge < -0.3 is 9.90 Å². The zero-order valence-corrected chi connectivity index (χ0v) is 11.0. The average molecular weight is 278 g/mol. The minimum atomic E-state index is -3.87. The highest BCUT2D eigenvalue weighted by Gasteiger charge is 2.18.